The molecule has 0 unspecified atom stereocenters. The van der Waals surface area contributed by atoms with Gasteiger partial charge in [-0.15, -0.1) is 0 Å². The SMILES string of the molecule is O=S(=O)(F)Oc1ccc(OCc2c(F)cc(-c3cc(O)on3)cc2F)cc1. The van der Waals surface area contributed by atoms with E-state index in [1.165, 1.54) is 12.1 Å². The van der Waals surface area contributed by atoms with Crippen molar-refractivity contribution in [1.82, 2.24) is 5.16 Å². The Morgan fingerprint density at radius 3 is 2.15 bits per heavy atom. The summed E-state index contributed by atoms with van der Waals surface area (Å²) in [5, 5.41) is 12.6. The molecule has 1 aromatic heterocycles. The van der Waals surface area contributed by atoms with Gasteiger partial charge >= 0.3 is 16.5 Å². The largest absolute Gasteiger partial charge is 0.489 e. The smallest absolute Gasteiger partial charge is 0.488 e. The summed E-state index contributed by atoms with van der Waals surface area (Å²) in [4.78, 5) is 0. The number of ether oxygens (including phenoxy) is 1. The van der Waals surface area contributed by atoms with Crippen LogP contribution in [0.2, 0.25) is 0 Å². The molecule has 7 nitrogen and oxygen atoms in total. The van der Waals surface area contributed by atoms with Crippen LogP contribution in [0.25, 0.3) is 11.3 Å². The van der Waals surface area contributed by atoms with Crippen LogP contribution in [-0.2, 0) is 17.1 Å². The molecule has 2 aromatic carbocycles. The van der Waals surface area contributed by atoms with Crippen molar-refractivity contribution in [2.24, 2.45) is 0 Å². The van der Waals surface area contributed by atoms with Crippen molar-refractivity contribution in [3.8, 4) is 28.7 Å². The van der Waals surface area contributed by atoms with Gasteiger partial charge in [-0.2, -0.15) is 8.42 Å². The van der Waals surface area contributed by atoms with E-state index in [-0.39, 0.29) is 28.3 Å². The molecule has 1 heterocycles. The van der Waals surface area contributed by atoms with Crippen molar-refractivity contribution in [3.05, 3.63) is 59.7 Å². The van der Waals surface area contributed by atoms with Crippen molar-refractivity contribution < 1.29 is 39.6 Å². The minimum atomic E-state index is -5.15. The highest BCUT2D eigenvalue weighted by Crippen LogP contribution is 2.27. The van der Waals surface area contributed by atoms with Gasteiger partial charge in [0.1, 0.15) is 35.4 Å². The fourth-order valence-electron chi connectivity index (χ4n) is 2.15. The fourth-order valence-corrected chi connectivity index (χ4v) is 2.49. The monoisotopic (exact) mass is 401 g/mol. The molecule has 0 fully saturated rings. The van der Waals surface area contributed by atoms with Gasteiger partial charge in [-0.25, -0.2) is 8.78 Å². The predicted octanol–water partition coefficient (Wildman–Crippen LogP) is 3.50. The maximum Gasteiger partial charge on any atom is 0.488 e. The summed E-state index contributed by atoms with van der Waals surface area (Å²) in [6, 6.07) is 7.81. The highest BCUT2D eigenvalue weighted by molar-refractivity contribution is 7.81. The lowest BCUT2D eigenvalue weighted by molar-refractivity contribution is 0.278. The van der Waals surface area contributed by atoms with Crippen LogP contribution in [-0.4, -0.2) is 18.7 Å². The van der Waals surface area contributed by atoms with Crippen molar-refractivity contribution in [2.75, 3.05) is 0 Å². The molecule has 11 heteroatoms. The number of benzene rings is 2. The standard InChI is InChI=1S/C16H10F3NO6S/c17-13-5-9(15-7-16(21)25-20-15)6-14(18)12(13)8-24-10-1-3-11(4-2-10)26-27(19,22)23/h1-7,21H,8H2. The van der Waals surface area contributed by atoms with E-state index in [1.807, 2.05) is 0 Å². The van der Waals surface area contributed by atoms with E-state index in [4.69, 9.17) is 9.84 Å². The summed E-state index contributed by atoms with van der Waals surface area (Å²) in [6.07, 6.45) is 0. The van der Waals surface area contributed by atoms with Crippen LogP contribution >= 0.6 is 0 Å². The zero-order chi connectivity index (χ0) is 19.6. The summed E-state index contributed by atoms with van der Waals surface area (Å²) < 4.78 is 75.2. The minimum Gasteiger partial charge on any atom is -0.489 e. The van der Waals surface area contributed by atoms with E-state index >= 15 is 0 Å². The second kappa shape index (κ2) is 7.19. The van der Waals surface area contributed by atoms with E-state index in [9.17, 15) is 21.1 Å². The van der Waals surface area contributed by atoms with Crippen molar-refractivity contribution in [1.29, 1.82) is 0 Å². The van der Waals surface area contributed by atoms with E-state index in [2.05, 4.69) is 13.9 Å². The molecule has 3 rings (SSSR count). The molecule has 0 bridgehead atoms. The number of nitrogens with zero attached hydrogens (tertiary/aromatic N) is 1. The third-order valence-electron chi connectivity index (χ3n) is 3.34. The topological polar surface area (TPSA) is 98.9 Å². The third-order valence-corrected chi connectivity index (χ3v) is 3.73. The van der Waals surface area contributed by atoms with Gasteiger partial charge in [-0.05, 0) is 36.4 Å². The highest BCUT2D eigenvalue weighted by atomic mass is 32.3. The minimum absolute atomic E-state index is 0.0520. The zero-order valence-corrected chi connectivity index (χ0v) is 14.0. The summed E-state index contributed by atoms with van der Waals surface area (Å²) in [5.41, 5.74) is -0.249. The van der Waals surface area contributed by atoms with Gasteiger partial charge in [0, 0.05) is 5.56 Å². The predicted molar refractivity (Wildman–Crippen MR) is 84.9 cm³/mol. The second-order valence-corrected chi connectivity index (χ2v) is 6.16. The molecular weight excluding hydrogens is 391 g/mol. The van der Waals surface area contributed by atoms with Gasteiger partial charge < -0.3 is 18.5 Å². The Hall–Kier alpha value is -3.21. The molecule has 0 atom stereocenters. The molecule has 0 amide bonds. The maximum absolute atomic E-state index is 14.2. The quantitative estimate of drug-likeness (QED) is 0.631. The molecular formula is C16H10F3NO6S. The van der Waals surface area contributed by atoms with Crippen molar-refractivity contribution >= 4 is 10.5 Å². The molecule has 142 valence electrons. The number of aromatic hydroxyl groups is 1. The summed E-state index contributed by atoms with van der Waals surface area (Å²) >= 11 is 0. The molecule has 0 radical (unpaired) electrons. The molecule has 0 aliphatic carbocycles. The molecule has 0 saturated carbocycles. The Kier molecular flexibility index (Phi) is 4.95. The van der Waals surface area contributed by atoms with E-state index in [1.54, 1.807) is 0 Å². The average Bonchev–Trinajstić information content (AvgIpc) is 3.00. The van der Waals surface area contributed by atoms with Crippen molar-refractivity contribution in [3.63, 3.8) is 0 Å². The number of aromatic nitrogens is 1. The van der Waals surface area contributed by atoms with Crippen LogP contribution in [0.1, 0.15) is 5.56 Å². The number of halogens is 3. The van der Waals surface area contributed by atoms with Gasteiger partial charge in [0.15, 0.2) is 0 Å². The van der Waals surface area contributed by atoms with Gasteiger partial charge in [-0.3, -0.25) is 0 Å². The number of hydrogen-bond donors (Lipinski definition) is 1. The Bertz CT molecular complexity index is 1040. The molecule has 0 spiro atoms. The third kappa shape index (κ3) is 4.70. The Labute approximate surface area is 151 Å². The van der Waals surface area contributed by atoms with Crippen LogP contribution < -0.4 is 8.92 Å². The zero-order valence-electron chi connectivity index (χ0n) is 13.2. The normalized spacial score (nSPS) is 11.4. The van der Waals surface area contributed by atoms with Gasteiger partial charge in [0.05, 0.1) is 11.6 Å². The first kappa shape index (κ1) is 18.6. The average molecular weight is 401 g/mol. The lowest BCUT2D eigenvalue weighted by atomic mass is 10.1. The van der Waals surface area contributed by atoms with Crippen LogP contribution in [0.15, 0.2) is 47.0 Å². The Balaban J connectivity index is 1.72. The summed E-state index contributed by atoms with van der Waals surface area (Å²) in [5.74, 6) is -2.46. The fraction of sp³-hybridized carbons (Fsp3) is 0.0625. The van der Waals surface area contributed by atoms with Crippen LogP contribution in [0, 0.1) is 11.6 Å². The van der Waals surface area contributed by atoms with Crippen LogP contribution in [0.5, 0.6) is 17.4 Å². The summed E-state index contributed by atoms with van der Waals surface area (Å²) in [6.45, 7) is -0.469. The second-order valence-electron chi connectivity index (χ2n) is 5.21. The Morgan fingerprint density at radius 1 is 1.04 bits per heavy atom. The lowest BCUT2D eigenvalue weighted by Gasteiger charge is -2.10. The number of hydrogen-bond acceptors (Lipinski definition) is 7. The van der Waals surface area contributed by atoms with Gasteiger partial charge in [-0.1, -0.05) is 9.04 Å². The van der Waals surface area contributed by atoms with Gasteiger partial charge in [0.2, 0.25) is 0 Å². The molecule has 3 aromatic rings. The molecule has 0 aliphatic rings. The maximum atomic E-state index is 14.2. The number of rotatable bonds is 6. The Morgan fingerprint density at radius 2 is 1.63 bits per heavy atom. The molecule has 0 aliphatic heterocycles. The molecule has 0 saturated heterocycles. The van der Waals surface area contributed by atoms with Crippen molar-refractivity contribution in [2.45, 2.75) is 6.61 Å². The van der Waals surface area contributed by atoms with Gasteiger partial charge in [0.25, 0.3) is 0 Å². The van der Waals surface area contributed by atoms with E-state index in [0.29, 0.717) is 0 Å². The molecule has 27 heavy (non-hydrogen) atoms. The highest BCUT2D eigenvalue weighted by Gasteiger charge is 2.16. The first-order chi connectivity index (χ1) is 12.7. The van der Waals surface area contributed by atoms with E-state index in [0.717, 1.165) is 30.3 Å². The molecule has 1 N–H and O–H groups in total. The lowest BCUT2D eigenvalue weighted by Crippen LogP contribution is -2.03. The van der Waals surface area contributed by atoms with E-state index < -0.39 is 34.7 Å². The first-order valence-corrected chi connectivity index (χ1v) is 8.53. The first-order valence-electron chi connectivity index (χ1n) is 7.22. The van der Waals surface area contributed by atoms with Crippen LogP contribution in [0.3, 0.4) is 0 Å². The van der Waals surface area contributed by atoms with Crippen LogP contribution in [0.4, 0.5) is 12.7 Å². The summed E-state index contributed by atoms with van der Waals surface area (Å²) in [7, 11) is -5.15.